The minimum Gasteiger partial charge on any atom is -0.326 e. The summed E-state index contributed by atoms with van der Waals surface area (Å²) >= 11 is 1.44. The summed E-state index contributed by atoms with van der Waals surface area (Å²) in [6, 6.07) is 11.6. The van der Waals surface area contributed by atoms with Crippen molar-refractivity contribution in [1.82, 2.24) is 4.98 Å². The second-order valence-corrected chi connectivity index (χ2v) is 6.41. The zero-order chi connectivity index (χ0) is 16.8. The molecule has 1 N–H and O–H groups in total. The first kappa shape index (κ1) is 17.0. The molecule has 1 aromatic carbocycles. The zero-order valence-corrected chi connectivity index (χ0v) is 14.3. The number of carbonyl (C=O) groups excluding carboxylic acids is 1. The van der Waals surface area contributed by atoms with Crippen molar-refractivity contribution in [2.45, 2.75) is 32.2 Å². The van der Waals surface area contributed by atoms with Crippen LogP contribution in [0.5, 0.6) is 0 Å². The Morgan fingerprint density at radius 3 is 2.57 bits per heavy atom. The van der Waals surface area contributed by atoms with Gasteiger partial charge in [0.2, 0.25) is 5.91 Å². The molecule has 5 heteroatoms. The number of rotatable bonds is 5. The van der Waals surface area contributed by atoms with E-state index >= 15 is 0 Å². The van der Waals surface area contributed by atoms with E-state index in [1.54, 1.807) is 6.07 Å². The van der Waals surface area contributed by atoms with Gasteiger partial charge in [0.1, 0.15) is 11.1 Å². The molecule has 1 amide bonds. The van der Waals surface area contributed by atoms with Crippen molar-refractivity contribution >= 4 is 23.4 Å². The largest absolute Gasteiger partial charge is 0.326 e. The number of pyridine rings is 1. The summed E-state index contributed by atoms with van der Waals surface area (Å²) in [5.41, 5.74) is 4.41. The van der Waals surface area contributed by atoms with E-state index < -0.39 is 0 Å². The average Bonchev–Trinajstić information content (AvgIpc) is 2.51. The Labute approximate surface area is 140 Å². The summed E-state index contributed by atoms with van der Waals surface area (Å²) in [5, 5.41) is 12.7. The van der Waals surface area contributed by atoms with Gasteiger partial charge in [-0.1, -0.05) is 18.2 Å². The van der Waals surface area contributed by atoms with Crippen LogP contribution in [0.1, 0.15) is 28.8 Å². The second kappa shape index (κ2) is 7.80. The third-order valence-electron chi connectivity index (χ3n) is 3.43. The quantitative estimate of drug-likeness (QED) is 0.844. The van der Waals surface area contributed by atoms with E-state index in [0.717, 1.165) is 22.5 Å². The normalized spacial score (nSPS) is 10.2. The van der Waals surface area contributed by atoms with Gasteiger partial charge in [0.25, 0.3) is 0 Å². The van der Waals surface area contributed by atoms with Crippen molar-refractivity contribution in [3.8, 4) is 6.07 Å². The van der Waals surface area contributed by atoms with Crippen molar-refractivity contribution in [3.05, 3.63) is 52.7 Å². The molecular weight excluding hydrogens is 306 g/mol. The summed E-state index contributed by atoms with van der Waals surface area (Å²) in [6.07, 6.45) is 0.374. The second-order valence-electron chi connectivity index (χ2n) is 5.33. The lowest BCUT2D eigenvalue weighted by molar-refractivity contribution is -0.115. The molecule has 0 saturated carbocycles. The van der Waals surface area contributed by atoms with Crippen LogP contribution in [0, 0.1) is 32.1 Å². The molecule has 0 radical (unpaired) electrons. The number of para-hydroxylation sites is 1. The fourth-order valence-corrected chi connectivity index (χ4v) is 3.14. The first-order valence-corrected chi connectivity index (χ1v) is 8.36. The lowest BCUT2D eigenvalue weighted by Crippen LogP contribution is -2.14. The number of aryl methyl sites for hydroxylation is 3. The molecule has 1 heterocycles. The number of anilines is 1. The number of aromatic nitrogens is 1. The van der Waals surface area contributed by atoms with Crippen LogP contribution in [-0.4, -0.2) is 16.6 Å². The SMILES string of the molecule is Cc1ccc(C#N)c(SCCC(=O)Nc2c(C)cccc2C)n1. The molecule has 0 spiro atoms. The van der Waals surface area contributed by atoms with Crippen LogP contribution < -0.4 is 5.32 Å². The molecule has 0 atom stereocenters. The van der Waals surface area contributed by atoms with E-state index in [-0.39, 0.29) is 5.91 Å². The molecule has 1 aromatic heterocycles. The number of hydrogen-bond acceptors (Lipinski definition) is 4. The number of nitrogens with zero attached hydrogens (tertiary/aromatic N) is 2. The van der Waals surface area contributed by atoms with Gasteiger partial charge in [-0.2, -0.15) is 5.26 Å². The van der Waals surface area contributed by atoms with Crippen LogP contribution in [0.2, 0.25) is 0 Å². The van der Waals surface area contributed by atoms with Crippen LogP contribution in [0.3, 0.4) is 0 Å². The number of amides is 1. The highest BCUT2D eigenvalue weighted by Gasteiger charge is 2.09. The summed E-state index contributed by atoms with van der Waals surface area (Å²) in [7, 11) is 0. The van der Waals surface area contributed by atoms with Crippen molar-refractivity contribution in [1.29, 1.82) is 5.26 Å². The first-order chi connectivity index (χ1) is 11.0. The Balaban J connectivity index is 1.93. The Hall–Kier alpha value is -2.32. The maximum absolute atomic E-state index is 12.1. The van der Waals surface area contributed by atoms with E-state index in [2.05, 4.69) is 16.4 Å². The van der Waals surface area contributed by atoms with Crippen molar-refractivity contribution < 1.29 is 4.79 Å². The fourth-order valence-electron chi connectivity index (χ4n) is 2.18. The third-order valence-corrected chi connectivity index (χ3v) is 4.43. The van der Waals surface area contributed by atoms with Gasteiger partial charge in [-0.05, 0) is 44.0 Å². The smallest absolute Gasteiger partial charge is 0.225 e. The van der Waals surface area contributed by atoms with E-state index in [0.29, 0.717) is 22.8 Å². The van der Waals surface area contributed by atoms with Gasteiger partial charge in [0.15, 0.2) is 0 Å². The van der Waals surface area contributed by atoms with Crippen molar-refractivity contribution in [2.24, 2.45) is 0 Å². The van der Waals surface area contributed by atoms with Crippen LogP contribution in [0.4, 0.5) is 5.69 Å². The molecule has 2 aromatic rings. The molecule has 4 nitrogen and oxygen atoms in total. The summed E-state index contributed by atoms with van der Waals surface area (Å²) in [6.45, 7) is 5.85. The van der Waals surface area contributed by atoms with Gasteiger partial charge < -0.3 is 5.32 Å². The number of nitriles is 1. The van der Waals surface area contributed by atoms with E-state index in [9.17, 15) is 4.79 Å². The third kappa shape index (κ3) is 4.57. The number of carbonyl (C=O) groups is 1. The monoisotopic (exact) mass is 325 g/mol. The Kier molecular flexibility index (Phi) is 5.78. The van der Waals surface area contributed by atoms with Crippen LogP contribution >= 0.6 is 11.8 Å². The minimum absolute atomic E-state index is 0.0268. The topological polar surface area (TPSA) is 65.8 Å². The van der Waals surface area contributed by atoms with Crippen molar-refractivity contribution in [2.75, 3.05) is 11.1 Å². The van der Waals surface area contributed by atoms with Gasteiger partial charge in [-0.15, -0.1) is 11.8 Å². The highest BCUT2D eigenvalue weighted by Crippen LogP contribution is 2.22. The highest BCUT2D eigenvalue weighted by atomic mass is 32.2. The van der Waals surface area contributed by atoms with E-state index in [1.807, 2.05) is 45.0 Å². The molecule has 0 aliphatic rings. The summed E-state index contributed by atoms with van der Waals surface area (Å²) in [4.78, 5) is 16.5. The molecule has 2 rings (SSSR count). The molecule has 0 fully saturated rings. The minimum atomic E-state index is -0.0268. The maximum Gasteiger partial charge on any atom is 0.225 e. The highest BCUT2D eigenvalue weighted by molar-refractivity contribution is 7.99. The first-order valence-electron chi connectivity index (χ1n) is 7.38. The van der Waals surface area contributed by atoms with Crippen molar-refractivity contribution in [3.63, 3.8) is 0 Å². The lowest BCUT2D eigenvalue weighted by atomic mass is 10.1. The lowest BCUT2D eigenvalue weighted by Gasteiger charge is -2.11. The molecule has 0 aliphatic carbocycles. The van der Waals surface area contributed by atoms with Gasteiger partial charge in [-0.25, -0.2) is 4.98 Å². The Morgan fingerprint density at radius 2 is 1.91 bits per heavy atom. The predicted molar refractivity (Wildman–Crippen MR) is 93.6 cm³/mol. The molecule has 0 unspecified atom stereocenters. The molecule has 0 bridgehead atoms. The van der Waals surface area contributed by atoms with Gasteiger partial charge in [0, 0.05) is 23.6 Å². The molecule has 23 heavy (non-hydrogen) atoms. The Morgan fingerprint density at radius 1 is 1.22 bits per heavy atom. The fraction of sp³-hybridized carbons (Fsp3) is 0.278. The van der Waals surface area contributed by atoms with Crippen LogP contribution in [0.25, 0.3) is 0 Å². The zero-order valence-electron chi connectivity index (χ0n) is 13.5. The van der Waals surface area contributed by atoms with Crippen LogP contribution in [0.15, 0.2) is 35.4 Å². The molecule has 118 valence electrons. The van der Waals surface area contributed by atoms with Gasteiger partial charge in [0.05, 0.1) is 5.56 Å². The maximum atomic E-state index is 12.1. The number of benzene rings is 1. The molecule has 0 saturated heterocycles. The van der Waals surface area contributed by atoms with E-state index in [1.165, 1.54) is 11.8 Å². The number of nitrogens with one attached hydrogen (secondary N) is 1. The van der Waals surface area contributed by atoms with E-state index in [4.69, 9.17) is 5.26 Å². The Bertz CT molecular complexity index is 745. The van der Waals surface area contributed by atoms with Gasteiger partial charge in [-0.3, -0.25) is 4.79 Å². The molecule has 0 aliphatic heterocycles. The predicted octanol–water partition coefficient (Wildman–Crippen LogP) is 4.00. The number of thioether (sulfide) groups is 1. The summed E-state index contributed by atoms with van der Waals surface area (Å²) in [5.74, 6) is 0.558. The summed E-state index contributed by atoms with van der Waals surface area (Å²) < 4.78 is 0. The molecular formula is C18H19N3OS. The standard InChI is InChI=1S/C18H19N3OS/c1-12-5-4-6-13(2)17(12)21-16(22)9-10-23-18-15(11-19)8-7-14(3)20-18/h4-8H,9-10H2,1-3H3,(H,21,22). The number of hydrogen-bond donors (Lipinski definition) is 1. The van der Waals surface area contributed by atoms with Crippen LogP contribution in [-0.2, 0) is 4.79 Å². The average molecular weight is 325 g/mol. The van der Waals surface area contributed by atoms with Gasteiger partial charge >= 0.3 is 0 Å².